The Labute approximate surface area is 124 Å². The second kappa shape index (κ2) is 6.20. The zero-order valence-corrected chi connectivity index (χ0v) is 12.4. The highest BCUT2D eigenvalue weighted by molar-refractivity contribution is 5.92. The molecule has 1 aliphatic carbocycles. The van der Waals surface area contributed by atoms with Crippen molar-refractivity contribution in [3.05, 3.63) is 30.0 Å². The van der Waals surface area contributed by atoms with Crippen molar-refractivity contribution in [1.29, 1.82) is 0 Å². The summed E-state index contributed by atoms with van der Waals surface area (Å²) in [6.45, 7) is 0. The quantitative estimate of drug-likeness (QED) is 0.907. The van der Waals surface area contributed by atoms with E-state index in [-0.39, 0.29) is 5.91 Å². The van der Waals surface area contributed by atoms with Crippen molar-refractivity contribution in [2.24, 2.45) is 0 Å². The summed E-state index contributed by atoms with van der Waals surface area (Å²) >= 11 is 0. The highest BCUT2D eigenvalue weighted by Crippen LogP contribution is 2.27. The molecule has 1 aromatic heterocycles. The maximum Gasteiger partial charge on any atom is 0.224 e. The standard InChI is InChI=1S/C17H22N2O2/c1-21-15-9-5-8-14-12(11-18-17(14)15)10-16(20)19-13-6-3-2-4-7-13/h5,8-9,11,13,18H,2-4,6-7,10H2,1H3,(H,19,20). The molecule has 2 aromatic rings. The Morgan fingerprint density at radius 2 is 2.14 bits per heavy atom. The summed E-state index contributed by atoms with van der Waals surface area (Å²) in [5.74, 6) is 0.928. The normalized spacial score (nSPS) is 16.0. The number of carbonyl (C=O) groups is 1. The number of amides is 1. The molecule has 0 atom stereocenters. The van der Waals surface area contributed by atoms with Crippen LogP contribution in [0.1, 0.15) is 37.7 Å². The van der Waals surface area contributed by atoms with Gasteiger partial charge in [0.15, 0.2) is 0 Å². The molecule has 1 fully saturated rings. The van der Waals surface area contributed by atoms with Crippen LogP contribution in [-0.4, -0.2) is 24.0 Å². The molecule has 0 aliphatic heterocycles. The van der Waals surface area contributed by atoms with E-state index in [0.717, 1.165) is 35.1 Å². The predicted molar refractivity (Wildman–Crippen MR) is 83.6 cm³/mol. The van der Waals surface area contributed by atoms with Crippen LogP contribution >= 0.6 is 0 Å². The molecule has 0 bridgehead atoms. The van der Waals surface area contributed by atoms with Gasteiger partial charge in [-0.1, -0.05) is 31.4 Å². The number of fused-ring (bicyclic) bond motifs is 1. The van der Waals surface area contributed by atoms with Crippen molar-refractivity contribution >= 4 is 16.8 Å². The lowest BCUT2D eigenvalue weighted by Gasteiger charge is -2.22. The maximum atomic E-state index is 12.2. The second-order valence-electron chi connectivity index (χ2n) is 5.78. The number of benzene rings is 1. The van der Waals surface area contributed by atoms with Crippen LogP contribution in [0, 0.1) is 0 Å². The highest BCUT2D eigenvalue weighted by atomic mass is 16.5. The van der Waals surface area contributed by atoms with E-state index >= 15 is 0 Å². The van der Waals surface area contributed by atoms with E-state index in [2.05, 4.69) is 10.3 Å². The molecule has 0 unspecified atom stereocenters. The van der Waals surface area contributed by atoms with Crippen LogP contribution in [0.2, 0.25) is 0 Å². The minimum Gasteiger partial charge on any atom is -0.495 e. The fraction of sp³-hybridized carbons (Fsp3) is 0.471. The van der Waals surface area contributed by atoms with Gasteiger partial charge in [0.25, 0.3) is 0 Å². The number of hydrogen-bond acceptors (Lipinski definition) is 2. The van der Waals surface area contributed by atoms with E-state index < -0.39 is 0 Å². The van der Waals surface area contributed by atoms with E-state index in [4.69, 9.17) is 4.74 Å². The molecule has 0 radical (unpaired) electrons. The number of aromatic nitrogens is 1. The summed E-state index contributed by atoms with van der Waals surface area (Å²) in [5.41, 5.74) is 1.98. The SMILES string of the molecule is COc1cccc2c(CC(=O)NC3CCCCC3)c[nH]c12. The van der Waals surface area contributed by atoms with Gasteiger partial charge in [0.1, 0.15) is 5.75 Å². The van der Waals surface area contributed by atoms with Crippen LogP contribution in [0.4, 0.5) is 0 Å². The molecule has 1 amide bonds. The molecule has 112 valence electrons. The van der Waals surface area contributed by atoms with E-state index in [9.17, 15) is 4.79 Å². The third-order valence-corrected chi connectivity index (χ3v) is 4.30. The summed E-state index contributed by atoms with van der Waals surface area (Å²) < 4.78 is 5.34. The number of para-hydroxylation sites is 1. The van der Waals surface area contributed by atoms with Gasteiger partial charge in [-0.25, -0.2) is 0 Å². The van der Waals surface area contributed by atoms with Gasteiger partial charge in [-0.05, 0) is 24.5 Å². The zero-order valence-electron chi connectivity index (χ0n) is 12.4. The van der Waals surface area contributed by atoms with Crippen molar-refractivity contribution in [2.75, 3.05) is 7.11 Å². The molecule has 0 spiro atoms. The van der Waals surface area contributed by atoms with Crippen LogP contribution in [0.15, 0.2) is 24.4 Å². The first-order valence-electron chi connectivity index (χ1n) is 7.70. The highest BCUT2D eigenvalue weighted by Gasteiger charge is 2.17. The number of H-pyrrole nitrogens is 1. The summed E-state index contributed by atoms with van der Waals surface area (Å²) in [4.78, 5) is 15.4. The second-order valence-corrected chi connectivity index (χ2v) is 5.78. The summed E-state index contributed by atoms with van der Waals surface area (Å²) in [6.07, 6.45) is 8.33. The minimum atomic E-state index is 0.116. The Morgan fingerprint density at radius 3 is 2.90 bits per heavy atom. The molecular formula is C17H22N2O2. The number of methoxy groups -OCH3 is 1. The van der Waals surface area contributed by atoms with Crippen molar-refractivity contribution < 1.29 is 9.53 Å². The number of aromatic amines is 1. The molecule has 2 N–H and O–H groups in total. The minimum absolute atomic E-state index is 0.116. The van der Waals surface area contributed by atoms with Crippen LogP contribution in [0.3, 0.4) is 0 Å². The lowest BCUT2D eigenvalue weighted by atomic mass is 9.95. The smallest absolute Gasteiger partial charge is 0.224 e. The first kappa shape index (κ1) is 14.0. The number of carbonyl (C=O) groups excluding carboxylic acids is 1. The average molecular weight is 286 g/mol. The number of ether oxygens (including phenoxy) is 1. The monoisotopic (exact) mass is 286 g/mol. The fourth-order valence-electron chi connectivity index (χ4n) is 3.20. The number of hydrogen-bond donors (Lipinski definition) is 2. The maximum absolute atomic E-state index is 12.2. The Morgan fingerprint density at radius 1 is 1.33 bits per heavy atom. The van der Waals surface area contributed by atoms with Crippen molar-refractivity contribution in [2.45, 2.75) is 44.6 Å². The van der Waals surface area contributed by atoms with E-state index in [0.29, 0.717) is 12.5 Å². The summed E-state index contributed by atoms with van der Waals surface area (Å²) in [7, 11) is 1.66. The topological polar surface area (TPSA) is 54.1 Å². The summed E-state index contributed by atoms with van der Waals surface area (Å²) in [6, 6.07) is 6.27. The van der Waals surface area contributed by atoms with E-state index in [1.54, 1.807) is 7.11 Å². The Kier molecular flexibility index (Phi) is 4.13. The number of rotatable bonds is 4. The fourth-order valence-corrected chi connectivity index (χ4v) is 3.20. The van der Waals surface area contributed by atoms with Gasteiger partial charge in [-0.2, -0.15) is 0 Å². The first-order valence-corrected chi connectivity index (χ1v) is 7.70. The van der Waals surface area contributed by atoms with Gasteiger partial charge in [0.2, 0.25) is 5.91 Å². The Hall–Kier alpha value is -1.97. The first-order chi connectivity index (χ1) is 10.3. The number of nitrogens with one attached hydrogen (secondary N) is 2. The van der Waals surface area contributed by atoms with Crippen LogP contribution in [0.25, 0.3) is 10.9 Å². The molecule has 1 aromatic carbocycles. The Bertz CT molecular complexity index is 627. The molecule has 1 aliphatic rings. The molecule has 1 saturated carbocycles. The summed E-state index contributed by atoms with van der Waals surface area (Å²) in [5, 5.41) is 4.23. The van der Waals surface area contributed by atoms with Crippen LogP contribution < -0.4 is 10.1 Å². The molecule has 4 heteroatoms. The lowest BCUT2D eigenvalue weighted by Crippen LogP contribution is -2.37. The van der Waals surface area contributed by atoms with Crippen molar-refractivity contribution in [1.82, 2.24) is 10.3 Å². The van der Waals surface area contributed by atoms with Gasteiger partial charge in [-0.15, -0.1) is 0 Å². The lowest BCUT2D eigenvalue weighted by molar-refractivity contribution is -0.121. The Balaban J connectivity index is 1.71. The van der Waals surface area contributed by atoms with Crippen LogP contribution in [-0.2, 0) is 11.2 Å². The van der Waals surface area contributed by atoms with Gasteiger partial charge < -0.3 is 15.0 Å². The van der Waals surface area contributed by atoms with E-state index in [1.807, 2.05) is 24.4 Å². The third-order valence-electron chi connectivity index (χ3n) is 4.30. The van der Waals surface area contributed by atoms with Gasteiger partial charge in [-0.3, -0.25) is 4.79 Å². The predicted octanol–water partition coefficient (Wildman–Crippen LogP) is 3.17. The molecule has 4 nitrogen and oxygen atoms in total. The van der Waals surface area contributed by atoms with Crippen molar-refractivity contribution in [3.63, 3.8) is 0 Å². The molecule has 3 rings (SSSR count). The van der Waals surface area contributed by atoms with Gasteiger partial charge in [0, 0.05) is 17.6 Å². The molecular weight excluding hydrogens is 264 g/mol. The molecule has 1 heterocycles. The van der Waals surface area contributed by atoms with Crippen molar-refractivity contribution in [3.8, 4) is 5.75 Å². The van der Waals surface area contributed by atoms with Gasteiger partial charge >= 0.3 is 0 Å². The van der Waals surface area contributed by atoms with Crippen LogP contribution in [0.5, 0.6) is 5.75 Å². The van der Waals surface area contributed by atoms with E-state index in [1.165, 1.54) is 19.3 Å². The van der Waals surface area contributed by atoms with Gasteiger partial charge in [0.05, 0.1) is 19.0 Å². The zero-order chi connectivity index (χ0) is 14.7. The third kappa shape index (κ3) is 3.04. The largest absolute Gasteiger partial charge is 0.495 e. The molecule has 0 saturated heterocycles. The molecule has 21 heavy (non-hydrogen) atoms. The average Bonchev–Trinajstić information content (AvgIpc) is 2.91.